The zero-order chi connectivity index (χ0) is 13.1. The Balaban J connectivity index is 2.19. The zero-order valence-electron chi connectivity index (χ0n) is 10.0. The molecule has 2 amide bonds. The lowest BCUT2D eigenvalue weighted by Crippen LogP contribution is -2.32. The number of fused-ring (bicyclic) bond motifs is 1. The van der Waals surface area contributed by atoms with E-state index in [0.29, 0.717) is 5.56 Å². The summed E-state index contributed by atoms with van der Waals surface area (Å²) in [6.07, 6.45) is 0.956. The van der Waals surface area contributed by atoms with Crippen molar-refractivity contribution in [1.82, 2.24) is 4.90 Å². The third kappa shape index (κ3) is 2.12. The number of nitrogens with zero attached hydrogens (tertiary/aromatic N) is 1. The summed E-state index contributed by atoms with van der Waals surface area (Å²) in [7, 11) is 1.41. The fourth-order valence-corrected chi connectivity index (χ4v) is 1.78. The Labute approximate surface area is 105 Å². The molecule has 0 N–H and O–H groups in total. The van der Waals surface area contributed by atoms with Gasteiger partial charge in [-0.25, -0.2) is 9.69 Å². The molecule has 0 unspecified atom stereocenters. The third-order valence-electron chi connectivity index (χ3n) is 2.69. The second-order valence-electron chi connectivity index (χ2n) is 3.83. The molecule has 0 fully saturated rings. The number of hydrogen-bond acceptors (Lipinski definition) is 4. The SMILES string of the molecule is C=Cc1ccc2c(c1)C(=O)N(C(=O)OCOC)C2. The Bertz CT molecular complexity index is 510. The van der Waals surface area contributed by atoms with Crippen LogP contribution in [0.15, 0.2) is 24.8 Å². The number of benzene rings is 1. The molecule has 5 heteroatoms. The van der Waals surface area contributed by atoms with Crippen molar-refractivity contribution in [3.8, 4) is 0 Å². The van der Waals surface area contributed by atoms with Gasteiger partial charge in [-0.2, -0.15) is 0 Å². The topological polar surface area (TPSA) is 55.8 Å². The molecule has 1 aliphatic rings. The molecule has 0 bridgehead atoms. The predicted molar refractivity (Wildman–Crippen MR) is 64.8 cm³/mol. The van der Waals surface area contributed by atoms with Crippen molar-refractivity contribution in [2.75, 3.05) is 13.9 Å². The van der Waals surface area contributed by atoms with E-state index in [4.69, 9.17) is 4.74 Å². The summed E-state index contributed by atoms with van der Waals surface area (Å²) in [6.45, 7) is 3.70. The summed E-state index contributed by atoms with van der Waals surface area (Å²) < 4.78 is 9.38. The van der Waals surface area contributed by atoms with E-state index in [2.05, 4.69) is 11.3 Å². The van der Waals surface area contributed by atoms with E-state index >= 15 is 0 Å². The van der Waals surface area contributed by atoms with Crippen molar-refractivity contribution in [3.63, 3.8) is 0 Å². The first kappa shape index (κ1) is 12.3. The lowest BCUT2D eigenvalue weighted by molar-refractivity contribution is -0.00259. The lowest BCUT2D eigenvalue weighted by Gasteiger charge is -2.12. The smallest absolute Gasteiger partial charge is 0.419 e. The van der Waals surface area contributed by atoms with Crippen molar-refractivity contribution >= 4 is 18.1 Å². The summed E-state index contributed by atoms with van der Waals surface area (Å²) >= 11 is 0. The van der Waals surface area contributed by atoms with Crippen molar-refractivity contribution < 1.29 is 19.1 Å². The fourth-order valence-electron chi connectivity index (χ4n) is 1.78. The Hall–Kier alpha value is -2.14. The normalized spacial score (nSPS) is 13.4. The van der Waals surface area contributed by atoms with Crippen LogP contribution in [0.25, 0.3) is 6.08 Å². The molecular weight excluding hydrogens is 234 g/mol. The monoisotopic (exact) mass is 247 g/mol. The molecule has 5 nitrogen and oxygen atoms in total. The van der Waals surface area contributed by atoms with Gasteiger partial charge in [0.25, 0.3) is 5.91 Å². The van der Waals surface area contributed by atoms with Crippen molar-refractivity contribution in [3.05, 3.63) is 41.5 Å². The van der Waals surface area contributed by atoms with Gasteiger partial charge in [-0.3, -0.25) is 4.79 Å². The second kappa shape index (κ2) is 5.01. The molecule has 94 valence electrons. The Morgan fingerprint density at radius 3 is 3.00 bits per heavy atom. The molecular formula is C13H13NO4. The van der Waals surface area contributed by atoms with Crippen LogP contribution in [0.2, 0.25) is 0 Å². The van der Waals surface area contributed by atoms with Crippen LogP contribution in [0, 0.1) is 0 Å². The van der Waals surface area contributed by atoms with Gasteiger partial charge in [0.1, 0.15) is 0 Å². The van der Waals surface area contributed by atoms with Crippen molar-refractivity contribution in [2.24, 2.45) is 0 Å². The summed E-state index contributed by atoms with van der Waals surface area (Å²) in [6, 6.07) is 5.38. The minimum Gasteiger partial charge on any atom is -0.422 e. The highest BCUT2D eigenvalue weighted by molar-refractivity contribution is 6.06. The van der Waals surface area contributed by atoms with E-state index in [0.717, 1.165) is 16.0 Å². The zero-order valence-corrected chi connectivity index (χ0v) is 10.0. The minimum absolute atomic E-state index is 0.170. The van der Waals surface area contributed by atoms with Crippen LogP contribution in [-0.2, 0) is 16.0 Å². The maximum atomic E-state index is 12.0. The Morgan fingerprint density at radius 2 is 2.33 bits per heavy atom. The number of hydrogen-bond donors (Lipinski definition) is 0. The fraction of sp³-hybridized carbons (Fsp3) is 0.231. The molecule has 0 spiro atoms. The summed E-state index contributed by atoms with van der Waals surface area (Å²) in [5.41, 5.74) is 2.16. The number of imide groups is 1. The van der Waals surface area contributed by atoms with Crippen LogP contribution in [0.5, 0.6) is 0 Å². The van der Waals surface area contributed by atoms with Crippen molar-refractivity contribution in [2.45, 2.75) is 6.54 Å². The largest absolute Gasteiger partial charge is 0.422 e. The van der Waals surface area contributed by atoms with Gasteiger partial charge in [0.05, 0.1) is 6.54 Å². The molecule has 0 radical (unpaired) electrons. The first-order chi connectivity index (χ1) is 8.67. The van der Waals surface area contributed by atoms with Gasteiger partial charge in [-0.1, -0.05) is 24.8 Å². The Morgan fingerprint density at radius 1 is 1.56 bits per heavy atom. The molecule has 1 heterocycles. The van der Waals surface area contributed by atoms with Gasteiger partial charge >= 0.3 is 6.09 Å². The number of carbonyl (C=O) groups is 2. The van der Waals surface area contributed by atoms with Crippen LogP contribution in [0.3, 0.4) is 0 Å². The lowest BCUT2D eigenvalue weighted by atomic mass is 10.1. The molecule has 1 aromatic rings. The molecule has 0 aromatic heterocycles. The molecule has 1 aromatic carbocycles. The Kier molecular flexibility index (Phi) is 3.43. The van der Waals surface area contributed by atoms with E-state index in [1.807, 2.05) is 12.1 Å². The van der Waals surface area contributed by atoms with Crippen LogP contribution in [0.4, 0.5) is 4.79 Å². The van der Waals surface area contributed by atoms with E-state index < -0.39 is 6.09 Å². The maximum absolute atomic E-state index is 12.0. The van der Waals surface area contributed by atoms with Gasteiger partial charge in [0, 0.05) is 12.7 Å². The average molecular weight is 247 g/mol. The van der Waals surface area contributed by atoms with E-state index in [1.54, 1.807) is 12.1 Å². The number of ether oxygens (including phenoxy) is 2. The van der Waals surface area contributed by atoms with Gasteiger partial charge in [-0.05, 0) is 17.2 Å². The second-order valence-corrected chi connectivity index (χ2v) is 3.83. The first-order valence-electron chi connectivity index (χ1n) is 5.40. The highest BCUT2D eigenvalue weighted by Gasteiger charge is 2.33. The average Bonchev–Trinajstić information content (AvgIpc) is 2.73. The standard InChI is InChI=1S/C13H13NO4/c1-3-9-4-5-10-7-14(12(15)11(10)6-9)13(16)18-8-17-2/h3-6H,1,7-8H2,2H3. The third-order valence-corrected chi connectivity index (χ3v) is 2.69. The van der Waals surface area contributed by atoms with Crippen LogP contribution < -0.4 is 0 Å². The van der Waals surface area contributed by atoms with Gasteiger partial charge in [0.2, 0.25) is 0 Å². The predicted octanol–water partition coefficient (Wildman–Crippen LogP) is 2.03. The van der Waals surface area contributed by atoms with Gasteiger partial charge < -0.3 is 9.47 Å². The van der Waals surface area contributed by atoms with Crippen molar-refractivity contribution in [1.29, 1.82) is 0 Å². The number of methoxy groups -OCH3 is 1. The molecule has 18 heavy (non-hydrogen) atoms. The minimum atomic E-state index is -0.696. The quantitative estimate of drug-likeness (QED) is 0.767. The van der Waals surface area contributed by atoms with Gasteiger partial charge in [0.15, 0.2) is 6.79 Å². The van der Waals surface area contributed by atoms with E-state index in [9.17, 15) is 9.59 Å². The van der Waals surface area contributed by atoms with Crippen LogP contribution >= 0.6 is 0 Å². The summed E-state index contributed by atoms with van der Waals surface area (Å²) in [5.74, 6) is -0.352. The van der Waals surface area contributed by atoms with Gasteiger partial charge in [-0.15, -0.1) is 0 Å². The highest BCUT2D eigenvalue weighted by atomic mass is 16.7. The first-order valence-corrected chi connectivity index (χ1v) is 5.40. The molecule has 0 atom stereocenters. The molecule has 2 rings (SSSR count). The molecule has 0 saturated carbocycles. The van der Waals surface area contributed by atoms with Crippen LogP contribution in [0.1, 0.15) is 21.5 Å². The summed E-state index contributed by atoms with van der Waals surface area (Å²) in [4.78, 5) is 24.7. The van der Waals surface area contributed by atoms with E-state index in [1.165, 1.54) is 7.11 Å². The number of rotatable bonds is 3. The molecule has 0 aliphatic carbocycles. The molecule has 1 aliphatic heterocycles. The highest BCUT2D eigenvalue weighted by Crippen LogP contribution is 2.24. The molecule has 0 saturated heterocycles. The summed E-state index contributed by atoms with van der Waals surface area (Å²) in [5, 5.41) is 0. The maximum Gasteiger partial charge on any atom is 0.419 e. The number of carbonyl (C=O) groups excluding carboxylic acids is 2. The number of amides is 2. The van der Waals surface area contributed by atoms with Crippen LogP contribution in [-0.4, -0.2) is 30.8 Å². The van der Waals surface area contributed by atoms with E-state index in [-0.39, 0.29) is 19.2 Å².